The number of anilines is 1. The van der Waals surface area contributed by atoms with Crippen molar-refractivity contribution in [2.45, 2.75) is 58.8 Å². The number of nitrogens with zero attached hydrogens (tertiary/aromatic N) is 3. The normalized spacial score (nSPS) is 15.7. The van der Waals surface area contributed by atoms with E-state index < -0.39 is 5.60 Å². The Hall–Kier alpha value is -4.23. The van der Waals surface area contributed by atoms with E-state index in [1.165, 1.54) is 5.69 Å². The predicted octanol–water partition coefficient (Wildman–Crippen LogP) is 8.56. The van der Waals surface area contributed by atoms with E-state index in [1.54, 1.807) is 0 Å². The van der Waals surface area contributed by atoms with Gasteiger partial charge in [-0.3, -0.25) is 0 Å². The summed E-state index contributed by atoms with van der Waals surface area (Å²) >= 11 is 0. The van der Waals surface area contributed by atoms with Gasteiger partial charge in [-0.1, -0.05) is 72.8 Å². The molecule has 3 heterocycles. The summed E-state index contributed by atoms with van der Waals surface area (Å²) in [5.74, 6) is 1.08. The van der Waals surface area contributed by atoms with E-state index in [9.17, 15) is 4.79 Å². The van der Waals surface area contributed by atoms with E-state index in [2.05, 4.69) is 29.2 Å². The van der Waals surface area contributed by atoms with Crippen molar-refractivity contribution >= 4 is 24.2 Å². The molecule has 242 valence electrons. The van der Waals surface area contributed by atoms with Crippen molar-refractivity contribution in [3.63, 3.8) is 0 Å². The molecule has 7 nitrogen and oxygen atoms in total. The van der Waals surface area contributed by atoms with Gasteiger partial charge in [0.2, 0.25) is 11.8 Å². The molecule has 0 saturated carbocycles. The van der Waals surface area contributed by atoms with Crippen LogP contribution in [0.5, 0.6) is 11.8 Å². The molecule has 1 amide bonds. The van der Waals surface area contributed by atoms with Crippen LogP contribution in [-0.4, -0.2) is 47.8 Å². The molecule has 6 rings (SSSR count). The summed E-state index contributed by atoms with van der Waals surface area (Å²) in [4.78, 5) is 21.8. The number of likely N-dealkylation sites (tertiary alicyclic amines) is 1. The fourth-order valence-electron chi connectivity index (χ4n) is 6.21. The number of carbonyl (C=O) groups excluding carboxylic acids is 1. The fourth-order valence-corrected chi connectivity index (χ4v) is 6.21. The van der Waals surface area contributed by atoms with Crippen LogP contribution >= 0.6 is 12.4 Å². The first-order chi connectivity index (χ1) is 21.8. The molecule has 1 aromatic heterocycles. The van der Waals surface area contributed by atoms with Crippen LogP contribution in [0.1, 0.15) is 51.2 Å². The highest BCUT2D eigenvalue weighted by molar-refractivity contribution is 5.85. The Morgan fingerprint density at radius 1 is 0.761 bits per heavy atom. The third kappa shape index (κ3) is 8.32. The number of rotatable bonds is 8. The monoisotopic (exact) mass is 641 g/mol. The van der Waals surface area contributed by atoms with Gasteiger partial charge >= 0.3 is 6.09 Å². The minimum absolute atomic E-state index is 0. The first-order valence-electron chi connectivity index (χ1n) is 15.9. The second-order valence-corrected chi connectivity index (χ2v) is 13.2. The van der Waals surface area contributed by atoms with Crippen molar-refractivity contribution in [1.82, 2.24) is 9.88 Å². The Kier molecular flexibility index (Phi) is 10.4. The molecule has 8 heteroatoms. The van der Waals surface area contributed by atoms with Gasteiger partial charge in [-0.25, -0.2) is 4.79 Å². The van der Waals surface area contributed by atoms with Gasteiger partial charge in [0.15, 0.2) is 0 Å². The minimum atomic E-state index is -0.467. The summed E-state index contributed by atoms with van der Waals surface area (Å²) in [7, 11) is 0. The highest BCUT2D eigenvalue weighted by Crippen LogP contribution is 2.42. The van der Waals surface area contributed by atoms with Gasteiger partial charge in [-0.05, 0) is 80.3 Å². The number of carbonyl (C=O) groups is 1. The van der Waals surface area contributed by atoms with Gasteiger partial charge in [-0.2, -0.15) is 4.98 Å². The highest BCUT2D eigenvalue weighted by Gasteiger charge is 2.43. The van der Waals surface area contributed by atoms with Gasteiger partial charge in [0.25, 0.3) is 0 Å². The van der Waals surface area contributed by atoms with Crippen LogP contribution in [0, 0.1) is 5.41 Å². The van der Waals surface area contributed by atoms with Crippen molar-refractivity contribution in [3.05, 3.63) is 108 Å². The van der Waals surface area contributed by atoms with Gasteiger partial charge in [0.1, 0.15) is 18.8 Å². The molecule has 1 spiro atoms. The number of hydrogen-bond donors (Lipinski definition) is 0. The van der Waals surface area contributed by atoms with Crippen LogP contribution in [0.2, 0.25) is 0 Å². The van der Waals surface area contributed by atoms with Crippen LogP contribution < -0.4 is 14.4 Å². The lowest BCUT2D eigenvalue weighted by Crippen LogP contribution is -2.43. The summed E-state index contributed by atoms with van der Waals surface area (Å²) in [6.45, 7) is 10.1. The molecule has 0 bridgehead atoms. The third-order valence-corrected chi connectivity index (χ3v) is 8.74. The van der Waals surface area contributed by atoms with Crippen molar-refractivity contribution < 1.29 is 19.0 Å². The Morgan fingerprint density at radius 2 is 1.35 bits per heavy atom. The Balaban J connectivity index is 0.00000417. The summed E-state index contributed by atoms with van der Waals surface area (Å²) in [6.07, 6.45) is 3.00. The van der Waals surface area contributed by atoms with Crippen LogP contribution in [0.4, 0.5) is 10.5 Å². The Morgan fingerprint density at radius 3 is 1.96 bits per heavy atom. The van der Waals surface area contributed by atoms with E-state index in [-0.39, 0.29) is 23.9 Å². The van der Waals surface area contributed by atoms with Crippen molar-refractivity contribution in [3.8, 4) is 22.9 Å². The van der Waals surface area contributed by atoms with Crippen molar-refractivity contribution in [1.29, 1.82) is 0 Å². The quantitative estimate of drug-likeness (QED) is 0.192. The summed E-state index contributed by atoms with van der Waals surface area (Å²) in [6, 6.07) is 32.8. The first kappa shape index (κ1) is 33.1. The second kappa shape index (κ2) is 14.5. The van der Waals surface area contributed by atoms with Gasteiger partial charge in [0.05, 0.1) is 0 Å². The molecule has 2 fully saturated rings. The SMILES string of the molecule is CC(C)(C)OC(=O)N1CCC2(CCN(c3ccc(-c4ccc(OCc5ccccc5)nc4OCc4ccccc4)cc3)CC2)C1.Cl. The molecule has 0 unspecified atom stereocenters. The van der Waals surface area contributed by atoms with E-state index in [1.807, 2.05) is 98.5 Å². The topological polar surface area (TPSA) is 64.1 Å². The standard InChI is InChI=1S/C38H43N3O4.ClH/c1-37(2,3)45-36(42)41-25-22-38(28-41)20-23-40(24-21-38)32-16-14-31(15-17-32)33-18-19-34(43-26-29-10-6-4-7-11-29)39-35(33)44-27-30-12-8-5-9-13-30;/h4-19H,20-28H2,1-3H3;1H. The maximum Gasteiger partial charge on any atom is 0.410 e. The van der Waals surface area contributed by atoms with Crippen LogP contribution in [0.3, 0.4) is 0 Å². The molecular formula is C38H44ClN3O4. The third-order valence-electron chi connectivity index (χ3n) is 8.74. The summed E-state index contributed by atoms with van der Waals surface area (Å²) in [5, 5.41) is 0. The number of pyridine rings is 1. The number of halogens is 1. The lowest BCUT2D eigenvalue weighted by molar-refractivity contribution is 0.0266. The minimum Gasteiger partial charge on any atom is -0.473 e. The van der Waals surface area contributed by atoms with E-state index in [0.717, 1.165) is 67.7 Å². The lowest BCUT2D eigenvalue weighted by Gasteiger charge is -2.40. The molecule has 2 aliphatic rings. The maximum atomic E-state index is 12.6. The molecule has 0 atom stereocenters. The lowest BCUT2D eigenvalue weighted by atomic mass is 9.77. The van der Waals surface area contributed by atoms with Gasteiger partial charge in [-0.15, -0.1) is 12.4 Å². The van der Waals surface area contributed by atoms with Gasteiger partial charge < -0.3 is 24.0 Å². The number of benzene rings is 3. The van der Waals surface area contributed by atoms with Crippen LogP contribution in [-0.2, 0) is 18.0 Å². The van der Waals surface area contributed by atoms with Crippen LogP contribution in [0.25, 0.3) is 11.1 Å². The zero-order chi connectivity index (χ0) is 31.3. The average molecular weight is 642 g/mol. The highest BCUT2D eigenvalue weighted by atomic mass is 35.5. The predicted molar refractivity (Wildman–Crippen MR) is 185 cm³/mol. The second-order valence-electron chi connectivity index (χ2n) is 13.2. The maximum absolute atomic E-state index is 12.6. The molecule has 0 radical (unpaired) electrons. The number of aromatic nitrogens is 1. The van der Waals surface area contributed by atoms with Crippen LogP contribution in [0.15, 0.2) is 97.1 Å². The molecular weight excluding hydrogens is 598 g/mol. The summed E-state index contributed by atoms with van der Waals surface area (Å²) in [5.41, 5.74) is 5.06. The molecule has 0 aliphatic carbocycles. The molecule has 4 aromatic rings. The smallest absolute Gasteiger partial charge is 0.410 e. The molecule has 2 aliphatic heterocycles. The van der Waals surface area contributed by atoms with E-state index >= 15 is 0 Å². The van der Waals surface area contributed by atoms with Gasteiger partial charge in [0, 0.05) is 43.5 Å². The zero-order valence-corrected chi connectivity index (χ0v) is 27.8. The fraction of sp³-hybridized carbons (Fsp3) is 0.368. The van der Waals surface area contributed by atoms with Crippen molar-refractivity contribution in [2.24, 2.45) is 5.41 Å². The summed E-state index contributed by atoms with van der Waals surface area (Å²) < 4.78 is 17.9. The molecule has 2 saturated heterocycles. The number of amides is 1. The van der Waals surface area contributed by atoms with E-state index in [0.29, 0.717) is 25.0 Å². The zero-order valence-electron chi connectivity index (χ0n) is 27.0. The largest absolute Gasteiger partial charge is 0.473 e. The average Bonchev–Trinajstić information content (AvgIpc) is 3.47. The number of ether oxygens (including phenoxy) is 3. The first-order valence-corrected chi connectivity index (χ1v) is 15.9. The van der Waals surface area contributed by atoms with E-state index in [4.69, 9.17) is 19.2 Å². The number of hydrogen-bond acceptors (Lipinski definition) is 6. The Bertz CT molecular complexity index is 1570. The molecule has 46 heavy (non-hydrogen) atoms. The molecule has 3 aromatic carbocycles. The van der Waals surface area contributed by atoms with Crippen molar-refractivity contribution in [2.75, 3.05) is 31.1 Å². The molecule has 0 N–H and O–H groups in total. The number of piperidine rings is 1. The Labute approximate surface area is 278 Å².